The zero-order chi connectivity index (χ0) is 23.7. The van der Waals surface area contributed by atoms with E-state index in [4.69, 9.17) is 9.72 Å². The van der Waals surface area contributed by atoms with Crippen molar-refractivity contribution in [2.75, 3.05) is 20.2 Å². The Bertz CT molecular complexity index is 1300. The number of rotatable bonds is 5. The van der Waals surface area contributed by atoms with Gasteiger partial charge in [-0.05, 0) is 43.3 Å². The fourth-order valence-corrected chi connectivity index (χ4v) is 5.25. The summed E-state index contributed by atoms with van der Waals surface area (Å²) >= 11 is 1.72. The lowest BCUT2D eigenvalue weighted by molar-refractivity contribution is -0.130. The molecule has 34 heavy (non-hydrogen) atoms. The summed E-state index contributed by atoms with van der Waals surface area (Å²) in [6.45, 7) is 3.35. The number of imidazole rings is 1. The van der Waals surface area contributed by atoms with Gasteiger partial charge in [0, 0.05) is 48.3 Å². The largest absolute Gasteiger partial charge is 0.497 e. The molecule has 0 saturated carbocycles. The molecule has 4 aromatic rings. The highest BCUT2D eigenvalue weighted by atomic mass is 32.1. The van der Waals surface area contributed by atoms with E-state index in [1.165, 1.54) is 17.0 Å². The Kier molecular flexibility index (Phi) is 6.15. The maximum Gasteiger partial charge on any atom is 0.230 e. The molecule has 0 fully saturated rings. The molecule has 0 radical (unpaired) electrons. The highest BCUT2D eigenvalue weighted by Gasteiger charge is 2.23. The number of fused-ring (bicyclic) bond motifs is 1. The minimum absolute atomic E-state index is 0.0260. The number of amides is 1. The standard InChI is InChI=1S/C26H25FN4O2S/c1-17-28-22-10-12-30(13-11-24(22)34-17)26(32)15-25-29-23(18-4-3-5-21(14-18)33-2)16-31(25)20-8-6-19(27)7-9-20/h3-9,14,16H,10-13,15H2,1-2H3. The molecule has 3 heterocycles. The van der Waals surface area contributed by atoms with Gasteiger partial charge in [-0.2, -0.15) is 0 Å². The molecule has 2 aromatic heterocycles. The van der Waals surface area contributed by atoms with Crippen molar-refractivity contribution >= 4 is 17.2 Å². The number of carbonyl (C=O) groups excluding carboxylic acids is 1. The number of ether oxygens (including phenoxy) is 1. The molecular formula is C26H25FN4O2S. The van der Waals surface area contributed by atoms with E-state index in [-0.39, 0.29) is 18.1 Å². The van der Waals surface area contributed by atoms with Gasteiger partial charge in [0.05, 0.1) is 29.9 Å². The quantitative estimate of drug-likeness (QED) is 0.422. The van der Waals surface area contributed by atoms with Crippen LogP contribution < -0.4 is 4.74 Å². The highest BCUT2D eigenvalue weighted by molar-refractivity contribution is 7.11. The minimum atomic E-state index is -0.310. The maximum absolute atomic E-state index is 13.6. The molecule has 0 aliphatic carbocycles. The maximum atomic E-state index is 13.6. The van der Waals surface area contributed by atoms with E-state index in [1.807, 2.05) is 46.9 Å². The molecular weight excluding hydrogens is 451 g/mol. The first kappa shape index (κ1) is 22.3. The smallest absolute Gasteiger partial charge is 0.230 e. The summed E-state index contributed by atoms with van der Waals surface area (Å²) < 4.78 is 20.8. The molecule has 0 unspecified atom stereocenters. The van der Waals surface area contributed by atoms with Gasteiger partial charge >= 0.3 is 0 Å². The van der Waals surface area contributed by atoms with E-state index in [0.717, 1.165) is 46.2 Å². The van der Waals surface area contributed by atoms with Gasteiger partial charge in [0.25, 0.3) is 0 Å². The third-order valence-corrected chi connectivity index (χ3v) is 7.10. The normalized spacial score (nSPS) is 13.4. The fourth-order valence-electron chi connectivity index (χ4n) is 4.28. The van der Waals surface area contributed by atoms with Gasteiger partial charge in [-0.3, -0.25) is 4.79 Å². The summed E-state index contributed by atoms with van der Waals surface area (Å²) in [6.07, 6.45) is 3.64. The van der Waals surface area contributed by atoms with Crippen LogP contribution in [-0.2, 0) is 24.1 Å². The molecule has 8 heteroatoms. The molecule has 0 N–H and O–H groups in total. The van der Waals surface area contributed by atoms with Crippen LogP contribution in [0.3, 0.4) is 0 Å². The second-order valence-corrected chi connectivity index (χ2v) is 9.57. The summed E-state index contributed by atoms with van der Waals surface area (Å²) in [4.78, 5) is 25.9. The van der Waals surface area contributed by atoms with Crippen LogP contribution in [0.1, 0.15) is 21.4 Å². The van der Waals surface area contributed by atoms with Gasteiger partial charge in [-0.25, -0.2) is 14.4 Å². The number of aromatic nitrogens is 3. The van der Waals surface area contributed by atoms with E-state index < -0.39 is 0 Å². The highest BCUT2D eigenvalue weighted by Crippen LogP contribution is 2.26. The average Bonchev–Trinajstić information content (AvgIpc) is 3.36. The van der Waals surface area contributed by atoms with Gasteiger partial charge in [-0.15, -0.1) is 11.3 Å². The van der Waals surface area contributed by atoms with Crippen molar-refractivity contribution in [1.29, 1.82) is 0 Å². The summed E-state index contributed by atoms with van der Waals surface area (Å²) in [5, 5.41) is 1.08. The van der Waals surface area contributed by atoms with Crippen molar-refractivity contribution in [1.82, 2.24) is 19.4 Å². The van der Waals surface area contributed by atoms with Crippen molar-refractivity contribution in [2.24, 2.45) is 0 Å². The van der Waals surface area contributed by atoms with Gasteiger partial charge in [0.15, 0.2) is 0 Å². The number of aryl methyl sites for hydroxylation is 1. The molecule has 1 aliphatic rings. The molecule has 0 atom stereocenters. The molecule has 0 spiro atoms. The Morgan fingerprint density at radius 2 is 1.91 bits per heavy atom. The predicted molar refractivity (Wildman–Crippen MR) is 130 cm³/mol. The van der Waals surface area contributed by atoms with Crippen LogP contribution in [0, 0.1) is 12.7 Å². The number of halogens is 1. The van der Waals surface area contributed by atoms with Crippen molar-refractivity contribution in [3.63, 3.8) is 0 Å². The Hall–Kier alpha value is -3.52. The van der Waals surface area contributed by atoms with E-state index in [9.17, 15) is 9.18 Å². The number of carbonyl (C=O) groups is 1. The zero-order valence-corrected chi connectivity index (χ0v) is 19.9. The second-order valence-electron chi connectivity index (χ2n) is 8.28. The van der Waals surface area contributed by atoms with Gasteiger partial charge in [0.1, 0.15) is 17.4 Å². The lowest BCUT2D eigenvalue weighted by Crippen LogP contribution is -2.35. The van der Waals surface area contributed by atoms with Gasteiger partial charge in [-0.1, -0.05) is 12.1 Å². The van der Waals surface area contributed by atoms with Gasteiger partial charge < -0.3 is 14.2 Å². The fraction of sp³-hybridized carbons (Fsp3) is 0.269. The van der Waals surface area contributed by atoms with Crippen LogP contribution >= 0.6 is 11.3 Å². The van der Waals surface area contributed by atoms with E-state index in [2.05, 4.69) is 4.98 Å². The number of benzene rings is 2. The number of methoxy groups -OCH3 is 1. The number of hydrogen-bond acceptors (Lipinski definition) is 5. The predicted octanol–water partition coefficient (Wildman–Crippen LogP) is 4.62. The van der Waals surface area contributed by atoms with Crippen LogP contribution in [0.5, 0.6) is 5.75 Å². The van der Waals surface area contributed by atoms with Crippen molar-refractivity contribution in [3.05, 3.63) is 81.9 Å². The third-order valence-electron chi connectivity index (χ3n) is 6.02. The molecule has 174 valence electrons. The van der Waals surface area contributed by atoms with Crippen molar-refractivity contribution in [3.8, 4) is 22.7 Å². The SMILES string of the molecule is COc1cccc(-c2cn(-c3ccc(F)cc3)c(CC(=O)N3CCc4nc(C)sc4CC3)n2)c1. The van der Waals surface area contributed by atoms with Crippen LogP contribution in [0.25, 0.3) is 16.9 Å². The van der Waals surface area contributed by atoms with Crippen LogP contribution in [0.2, 0.25) is 0 Å². The molecule has 6 nitrogen and oxygen atoms in total. The summed E-state index contributed by atoms with van der Waals surface area (Å²) in [5.74, 6) is 1.06. The third kappa shape index (κ3) is 4.59. The summed E-state index contributed by atoms with van der Waals surface area (Å²) in [5.41, 5.74) is 3.48. The number of hydrogen-bond donors (Lipinski definition) is 0. The first-order valence-corrected chi connectivity index (χ1v) is 12.0. The second kappa shape index (κ2) is 9.38. The Balaban J connectivity index is 1.43. The van der Waals surface area contributed by atoms with Crippen LogP contribution in [-0.4, -0.2) is 45.5 Å². The summed E-state index contributed by atoms with van der Waals surface area (Å²) in [7, 11) is 1.62. The Morgan fingerprint density at radius 1 is 1.12 bits per heavy atom. The molecule has 0 bridgehead atoms. The average molecular weight is 477 g/mol. The monoisotopic (exact) mass is 476 g/mol. The first-order chi connectivity index (χ1) is 16.5. The van der Waals surface area contributed by atoms with Crippen LogP contribution in [0.15, 0.2) is 54.7 Å². The first-order valence-electron chi connectivity index (χ1n) is 11.2. The summed E-state index contributed by atoms with van der Waals surface area (Å²) in [6, 6.07) is 13.8. The van der Waals surface area contributed by atoms with Gasteiger partial charge in [0.2, 0.25) is 5.91 Å². The minimum Gasteiger partial charge on any atom is -0.497 e. The Morgan fingerprint density at radius 3 is 2.71 bits per heavy atom. The molecule has 5 rings (SSSR count). The van der Waals surface area contributed by atoms with E-state index in [0.29, 0.717) is 18.9 Å². The topological polar surface area (TPSA) is 60.2 Å². The molecule has 1 aliphatic heterocycles. The lowest BCUT2D eigenvalue weighted by Gasteiger charge is -2.20. The molecule has 0 saturated heterocycles. The van der Waals surface area contributed by atoms with Crippen molar-refractivity contribution < 1.29 is 13.9 Å². The molecule has 2 aromatic carbocycles. The van der Waals surface area contributed by atoms with Crippen molar-refractivity contribution in [2.45, 2.75) is 26.2 Å². The lowest BCUT2D eigenvalue weighted by atomic mass is 10.1. The Labute approximate surface area is 201 Å². The molecule has 1 amide bonds. The zero-order valence-electron chi connectivity index (χ0n) is 19.1. The number of thiazole rings is 1. The number of nitrogens with zero attached hydrogens (tertiary/aromatic N) is 4. The van der Waals surface area contributed by atoms with Crippen LogP contribution in [0.4, 0.5) is 4.39 Å². The van der Waals surface area contributed by atoms with E-state index >= 15 is 0 Å². The van der Waals surface area contributed by atoms with E-state index in [1.54, 1.807) is 30.6 Å².